The molecule has 0 saturated carbocycles. The molecule has 5 heteroatoms. The standard InChI is InChI=1S/C8H9F2NO2/c1-13-8-3-5(9)2-7(10)6(8)4-11-12/h2-3,11-12H,4H2,1H3. The summed E-state index contributed by atoms with van der Waals surface area (Å²) >= 11 is 0. The molecule has 0 saturated heterocycles. The monoisotopic (exact) mass is 189 g/mol. The maximum Gasteiger partial charge on any atom is 0.134 e. The SMILES string of the molecule is COc1cc(F)cc(F)c1CNO. The molecule has 0 radical (unpaired) electrons. The molecular formula is C8H9F2NO2. The first-order valence-corrected chi connectivity index (χ1v) is 3.58. The van der Waals surface area contributed by atoms with Crippen molar-refractivity contribution in [2.75, 3.05) is 7.11 Å². The first-order chi connectivity index (χ1) is 6.19. The molecule has 0 spiro atoms. The molecule has 0 aliphatic heterocycles. The summed E-state index contributed by atoms with van der Waals surface area (Å²) in [4.78, 5) is 0. The summed E-state index contributed by atoms with van der Waals surface area (Å²) in [5.41, 5.74) is 1.87. The van der Waals surface area contributed by atoms with Crippen LogP contribution >= 0.6 is 0 Å². The van der Waals surface area contributed by atoms with Crippen LogP contribution < -0.4 is 10.2 Å². The van der Waals surface area contributed by atoms with Gasteiger partial charge in [0.1, 0.15) is 17.4 Å². The van der Waals surface area contributed by atoms with E-state index in [1.165, 1.54) is 7.11 Å². The van der Waals surface area contributed by atoms with Gasteiger partial charge in [-0.25, -0.2) is 14.3 Å². The van der Waals surface area contributed by atoms with Gasteiger partial charge in [-0.3, -0.25) is 0 Å². The molecule has 0 atom stereocenters. The number of rotatable bonds is 3. The van der Waals surface area contributed by atoms with Gasteiger partial charge < -0.3 is 9.94 Å². The quantitative estimate of drug-likeness (QED) is 0.707. The van der Waals surface area contributed by atoms with Crippen molar-refractivity contribution in [2.24, 2.45) is 0 Å². The minimum atomic E-state index is -0.751. The lowest BCUT2D eigenvalue weighted by atomic mass is 10.2. The molecule has 1 rings (SSSR count). The lowest BCUT2D eigenvalue weighted by Gasteiger charge is -2.08. The highest BCUT2D eigenvalue weighted by Crippen LogP contribution is 2.22. The van der Waals surface area contributed by atoms with Crippen molar-refractivity contribution in [3.05, 3.63) is 29.3 Å². The highest BCUT2D eigenvalue weighted by Gasteiger charge is 2.10. The van der Waals surface area contributed by atoms with Crippen LogP contribution in [-0.2, 0) is 6.54 Å². The summed E-state index contributed by atoms with van der Waals surface area (Å²) in [5, 5.41) is 8.37. The van der Waals surface area contributed by atoms with Crippen LogP contribution in [0.1, 0.15) is 5.56 Å². The molecule has 0 aromatic heterocycles. The van der Waals surface area contributed by atoms with Gasteiger partial charge in [0.05, 0.1) is 13.7 Å². The summed E-state index contributed by atoms with van der Waals surface area (Å²) in [6, 6.07) is 1.78. The molecule has 2 N–H and O–H groups in total. The molecular weight excluding hydrogens is 180 g/mol. The van der Waals surface area contributed by atoms with E-state index in [9.17, 15) is 8.78 Å². The van der Waals surface area contributed by atoms with Crippen LogP contribution in [-0.4, -0.2) is 12.3 Å². The normalized spacial score (nSPS) is 10.2. The summed E-state index contributed by atoms with van der Waals surface area (Å²) in [6.45, 7) is -0.130. The zero-order valence-electron chi connectivity index (χ0n) is 6.97. The lowest BCUT2D eigenvalue weighted by Crippen LogP contribution is -2.09. The van der Waals surface area contributed by atoms with E-state index < -0.39 is 11.6 Å². The molecule has 0 amide bonds. The van der Waals surface area contributed by atoms with Gasteiger partial charge in [0.15, 0.2) is 0 Å². The Morgan fingerprint density at radius 3 is 2.69 bits per heavy atom. The first kappa shape index (κ1) is 9.88. The molecule has 1 aromatic rings. The summed E-state index contributed by atoms with van der Waals surface area (Å²) in [5.74, 6) is -1.39. The number of hydroxylamine groups is 1. The summed E-state index contributed by atoms with van der Waals surface area (Å²) < 4.78 is 30.4. The Balaban J connectivity index is 3.13. The zero-order valence-corrected chi connectivity index (χ0v) is 6.97. The van der Waals surface area contributed by atoms with Crippen LogP contribution in [0.5, 0.6) is 5.75 Å². The smallest absolute Gasteiger partial charge is 0.134 e. The number of ether oxygens (including phenoxy) is 1. The Hall–Kier alpha value is -1.20. The second-order valence-electron chi connectivity index (χ2n) is 2.40. The Bertz CT molecular complexity index is 304. The van der Waals surface area contributed by atoms with Crippen molar-refractivity contribution < 1.29 is 18.7 Å². The number of halogens is 2. The molecule has 0 bridgehead atoms. The number of benzene rings is 1. The van der Waals surface area contributed by atoms with Gasteiger partial charge in [0, 0.05) is 17.7 Å². The Kier molecular flexibility index (Phi) is 3.16. The van der Waals surface area contributed by atoms with Gasteiger partial charge in [-0.2, -0.15) is 0 Å². The third kappa shape index (κ3) is 2.13. The first-order valence-electron chi connectivity index (χ1n) is 3.58. The van der Waals surface area contributed by atoms with E-state index in [4.69, 9.17) is 9.94 Å². The molecule has 13 heavy (non-hydrogen) atoms. The Labute approximate surface area is 73.9 Å². The highest BCUT2D eigenvalue weighted by molar-refractivity contribution is 5.35. The molecule has 0 heterocycles. The molecule has 3 nitrogen and oxygen atoms in total. The van der Waals surface area contributed by atoms with Crippen molar-refractivity contribution in [1.82, 2.24) is 5.48 Å². The molecule has 0 fully saturated rings. The van der Waals surface area contributed by atoms with E-state index in [0.29, 0.717) is 0 Å². The molecule has 0 unspecified atom stereocenters. The third-order valence-corrected chi connectivity index (χ3v) is 1.60. The maximum atomic E-state index is 13.0. The molecule has 1 aromatic carbocycles. The average Bonchev–Trinajstić information content (AvgIpc) is 2.09. The summed E-state index contributed by atoms with van der Waals surface area (Å²) in [6.07, 6.45) is 0. The summed E-state index contributed by atoms with van der Waals surface area (Å²) in [7, 11) is 1.30. The predicted molar refractivity (Wildman–Crippen MR) is 41.5 cm³/mol. The van der Waals surface area contributed by atoms with E-state index in [1.54, 1.807) is 5.48 Å². The van der Waals surface area contributed by atoms with E-state index >= 15 is 0 Å². The van der Waals surface area contributed by atoms with Crippen molar-refractivity contribution in [1.29, 1.82) is 0 Å². The van der Waals surface area contributed by atoms with Gasteiger partial charge in [-0.05, 0) is 0 Å². The van der Waals surface area contributed by atoms with Gasteiger partial charge >= 0.3 is 0 Å². The van der Waals surface area contributed by atoms with Crippen LogP contribution in [0.15, 0.2) is 12.1 Å². The van der Waals surface area contributed by atoms with Crippen LogP contribution in [0.2, 0.25) is 0 Å². The number of hydrogen-bond donors (Lipinski definition) is 2. The van der Waals surface area contributed by atoms with Crippen molar-refractivity contribution in [3.8, 4) is 5.75 Å². The van der Waals surface area contributed by atoms with Crippen LogP contribution in [0.4, 0.5) is 8.78 Å². The fourth-order valence-corrected chi connectivity index (χ4v) is 1.01. The van der Waals surface area contributed by atoms with Crippen molar-refractivity contribution >= 4 is 0 Å². The fourth-order valence-electron chi connectivity index (χ4n) is 1.01. The number of nitrogens with one attached hydrogen (secondary N) is 1. The average molecular weight is 189 g/mol. The predicted octanol–water partition coefficient (Wildman–Crippen LogP) is 1.45. The molecule has 72 valence electrons. The highest BCUT2D eigenvalue weighted by atomic mass is 19.1. The van der Waals surface area contributed by atoms with Crippen molar-refractivity contribution in [2.45, 2.75) is 6.54 Å². The van der Waals surface area contributed by atoms with E-state index in [1.807, 2.05) is 0 Å². The van der Waals surface area contributed by atoms with Gasteiger partial charge in [-0.15, -0.1) is 0 Å². The van der Waals surface area contributed by atoms with Crippen LogP contribution in [0.25, 0.3) is 0 Å². The maximum absolute atomic E-state index is 13.0. The van der Waals surface area contributed by atoms with Gasteiger partial charge in [-0.1, -0.05) is 0 Å². The molecule has 0 aliphatic rings. The second-order valence-corrected chi connectivity index (χ2v) is 2.40. The topological polar surface area (TPSA) is 41.5 Å². The number of methoxy groups -OCH3 is 1. The fraction of sp³-hybridized carbons (Fsp3) is 0.250. The Morgan fingerprint density at radius 1 is 1.46 bits per heavy atom. The molecule has 0 aliphatic carbocycles. The van der Waals surface area contributed by atoms with Gasteiger partial charge in [0.25, 0.3) is 0 Å². The minimum absolute atomic E-state index is 0.0686. The van der Waals surface area contributed by atoms with Crippen LogP contribution in [0, 0.1) is 11.6 Å². The zero-order chi connectivity index (χ0) is 9.84. The van der Waals surface area contributed by atoms with E-state index in [0.717, 1.165) is 12.1 Å². The van der Waals surface area contributed by atoms with E-state index in [2.05, 4.69) is 0 Å². The Morgan fingerprint density at radius 2 is 2.15 bits per heavy atom. The van der Waals surface area contributed by atoms with Crippen molar-refractivity contribution in [3.63, 3.8) is 0 Å². The minimum Gasteiger partial charge on any atom is -0.496 e. The largest absolute Gasteiger partial charge is 0.496 e. The third-order valence-electron chi connectivity index (χ3n) is 1.60. The van der Waals surface area contributed by atoms with Gasteiger partial charge in [0.2, 0.25) is 0 Å². The lowest BCUT2D eigenvalue weighted by molar-refractivity contribution is 0.158. The van der Waals surface area contributed by atoms with Crippen LogP contribution in [0.3, 0.4) is 0 Å². The van der Waals surface area contributed by atoms with E-state index in [-0.39, 0.29) is 17.9 Å². The number of hydrogen-bond acceptors (Lipinski definition) is 3. The second kappa shape index (κ2) is 4.15.